The monoisotopic (exact) mass is 526 g/mol. The molecule has 0 aromatic heterocycles. The molecule has 0 spiro atoms. The number of benzene rings is 4. The zero-order valence-corrected chi connectivity index (χ0v) is 21.9. The van der Waals surface area contributed by atoms with Gasteiger partial charge in [0.05, 0.1) is 26.0 Å². The van der Waals surface area contributed by atoms with Crippen LogP contribution in [0.1, 0.15) is 40.9 Å². The van der Waals surface area contributed by atoms with Crippen LogP contribution < -0.4 is 18.9 Å². The smallest absolute Gasteiger partial charge is 0.213 e. The van der Waals surface area contributed by atoms with Gasteiger partial charge in [-0.3, -0.25) is 0 Å². The zero-order valence-electron chi connectivity index (χ0n) is 21.1. The Morgan fingerprint density at radius 3 is 2.42 bits per heavy atom. The Bertz CT molecular complexity index is 1470. The molecule has 0 saturated carbocycles. The number of rotatable bonds is 7. The van der Waals surface area contributed by atoms with Crippen LogP contribution in [0.5, 0.6) is 23.0 Å². The molecule has 38 heavy (non-hydrogen) atoms. The number of halogens is 1. The van der Waals surface area contributed by atoms with Crippen molar-refractivity contribution in [2.45, 2.75) is 25.3 Å². The minimum atomic E-state index is -0.363. The maximum absolute atomic E-state index is 6.50. The largest absolute Gasteiger partial charge is 0.493 e. The first-order valence-corrected chi connectivity index (χ1v) is 12.8. The molecular formula is C31H27ClN2O4. The maximum atomic E-state index is 6.50. The molecular weight excluding hydrogens is 500 g/mol. The minimum absolute atomic E-state index is 0.0638. The average Bonchev–Trinajstić information content (AvgIpc) is 3.42. The lowest BCUT2D eigenvalue weighted by Crippen LogP contribution is -2.33. The fourth-order valence-corrected chi connectivity index (χ4v) is 5.05. The molecule has 2 atom stereocenters. The molecule has 0 saturated heterocycles. The van der Waals surface area contributed by atoms with Crippen LogP contribution in [-0.4, -0.2) is 24.9 Å². The van der Waals surface area contributed by atoms with Gasteiger partial charge in [-0.1, -0.05) is 41.9 Å². The lowest BCUT2D eigenvalue weighted by atomic mass is 9.96. The van der Waals surface area contributed by atoms with Gasteiger partial charge in [0.1, 0.15) is 18.1 Å². The summed E-state index contributed by atoms with van der Waals surface area (Å²) in [4.78, 5) is 0. The highest BCUT2D eigenvalue weighted by Gasteiger charge is 2.41. The summed E-state index contributed by atoms with van der Waals surface area (Å²) in [6.45, 7) is 0.469. The van der Waals surface area contributed by atoms with Crippen LogP contribution in [0, 0.1) is 0 Å². The van der Waals surface area contributed by atoms with Gasteiger partial charge in [-0.15, -0.1) is 0 Å². The molecule has 6 rings (SSSR count). The number of methoxy groups -OCH3 is 2. The summed E-state index contributed by atoms with van der Waals surface area (Å²) in [5.74, 6) is 3.04. The SMILES string of the molecule is COc1ccc(C2=NN3[C@H](C2)c2ccccc2O[C@@H]3c2ccc(OCc3ccc(Cl)cc3)cc2)cc1OC. The standard InChI is InChI=1S/C31H27ClN2O4/c1-35-29-16-11-22(17-30(29)36-2)26-18-27-25-5-3-4-6-28(25)38-31(34(27)33-26)21-9-14-24(15-10-21)37-19-20-7-12-23(32)13-8-20/h3-17,27,31H,18-19H2,1-2H3/t27-,31-/m1/s1. The minimum Gasteiger partial charge on any atom is -0.493 e. The number of ether oxygens (including phenoxy) is 4. The molecule has 7 heteroatoms. The fourth-order valence-electron chi connectivity index (χ4n) is 4.92. The van der Waals surface area contributed by atoms with Gasteiger partial charge in [0, 0.05) is 28.1 Å². The van der Waals surface area contributed by atoms with E-state index < -0.39 is 0 Å². The first-order valence-electron chi connectivity index (χ1n) is 12.4. The average molecular weight is 527 g/mol. The van der Waals surface area contributed by atoms with Gasteiger partial charge < -0.3 is 18.9 Å². The molecule has 0 radical (unpaired) electrons. The van der Waals surface area contributed by atoms with Crippen molar-refractivity contribution in [3.63, 3.8) is 0 Å². The molecule has 0 aliphatic carbocycles. The summed E-state index contributed by atoms with van der Waals surface area (Å²) >= 11 is 5.98. The van der Waals surface area contributed by atoms with Gasteiger partial charge >= 0.3 is 0 Å². The van der Waals surface area contributed by atoms with E-state index >= 15 is 0 Å². The summed E-state index contributed by atoms with van der Waals surface area (Å²) in [6.07, 6.45) is 0.395. The molecule has 2 aliphatic rings. The first-order chi connectivity index (χ1) is 18.6. The number of hydrazone groups is 1. The van der Waals surface area contributed by atoms with E-state index in [1.807, 2.05) is 84.9 Å². The van der Waals surface area contributed by atoms with E-state index in [9.17, 15) is 0 Å². The molecule has 2 heterocycles. The van der Waals surface area contributed by atoms with E-state index in [2.05, 4.69) is 11.1 Å². The van der Waals surface area contributed by atoms with Crippen LogP contribution in [0.25, 0.3) is 0 Å². The van der Waals surface area contributed by atoms with Crippen LogP contribution in [0.4, 0.5) is 0 Å². The Morgan fingerprint density at radius 2 is 1.66 bits per heavy atom. The van der Waals surface area contributed by atoms with E-state index in [-0.39, 0.29) is 12.3 Å². The van der Waals surface area contributed by atoms with Gasteiger partial charge in [0.25, 0.3) is 0 Å². The van der Waals surface area contributed by atoms with Crippen molar-refractivity contribution >= 4 is 17.3 Å². The van der Waals surface area contributed by atoms with E-state index in [0.717, 1.165) is 45.9 Å². The highest BCUT2D eigenvalue weighted by atomic mass is 35.5. The fraction of sp³-hybridized carbons (Fsp3) is 0.194. The molecule has 6 nitrogen and oxygen atoms in total. The molecule has 0 bridgehead atoms. The van der Waals surface area contributed by atoms with Crippen LogP contribution in [0.2, 0.25) is 5.02 Å². The second kappa shape index (κ2) is 10.3. The van der Waals surface area contributed by atoms with Crippen molar-refractivity contribution < 1.29 is 18.9 Å². The van der Waals surface area contributed by atoms with Crippen molar-refractivity contribution in [1.82, 2.24) is 5.01 Å². The number of fused-ring (bicyclic) bond motifs is 3. The van der Waals surface area contributed by atoms with Gasteiger partial charge in [-0.05, 0) is 66.2 Å². The number of para-hydroxylation sites is 1. The summed E-state index contributed by atoms with van der Waals surface area (Å²) in [6, 6.07) is 29.8. The van der Waals surface area contributed by atoms with Crippen LogP contribution >= 0.6 is 11.6 Å². The summed E-state index contributed by atoms with van der Waals surface area (Å²) in [5, 5.41) is 7.84. The van der Waals surface area contributed by atoms with Crippen molar-refractivity contribution in [3.05, 3.63) is 118 Å². The predicted molar refractivity (Wildman–Crippen MR) is 147 cm³/mol. The highest BCUT2D eigenvalue weighted by Crippen LogP contribution is 2.47. The van der Waals surface area contributed by atoms with Gasteiger partial charge in [-0.25, -0.2) is 5.01 Å². The Morgan fingerprint density at radius 1 is 0.895 bits per heavy atom. The number of nitrogens with zero attached hydrogens (tertiary/aromatic N) is 2. The van der Waals surface area contributed by atoms with Crippen LogP contribution in [-0.2, 0) is 6.61 Å². The van der Waals surface area contributed by atoms with Crippen LogP contribution in [0.15, 0.2) is 96.1 Å². The third kappa shape index (κ3) is 4.63. The molecule has 4 aromatic rings. The van der Waals surface area contributed by atoms with Crippen molar-refractivity contribution in [2.75, 3.05) is 14.2 Å². The van der Waals surface area contributed by atoms with Crippen LogP contribution in [0.3, 0.4) is 0 Å². The van der Waals surface area contributed by atoms with Crippen molar-refractivity contribution in [2.24, 2.45) is 5.10 Å². The molecule has 0 fully saturated rings. The van der Waals surface area contributed by atoms with E-state index in [1.165, 1.54) is 0 Å². The van der Waals surface area contributed by atoms with Crippen molar-refractivity contribution in [3.8, 4) is 23.0 Å². The Kier molecular flexibility index (Phi) is 6.56. The third-order valence-corrected chi connectivity index (χ3v) is 7.15. The molecule has 4 aromatic carbocycles. The zero-order chi connectivity index (χ0) is 26.1. The molecule has 0 unspecified atom stereocenters. The first kappa shape index (κ1) is 24.2. The lowest BCUT2D eigenvalue weighted by molar-refractivity contribution is -0.0190. The Labute approximate surface area is 227 Å². The Balaban J connectivity index is 1.27. The van der Waals surface area contributed by atoms with E-state index in [1.54, 1.807) is 14.2 Å². The van der Waals surface area contributed by atoms with Gasteiger partial charge in [0.15, 0.2) is 11.5 Å². The molecule has 192 valence electrons. The van der Waals surface area contributed by atoms with E-state index in [0.29, 0.717) is 23.1 Å². The highest BCUT2D eigenvalue weighted by molar-refractivity contribution is 6.30. The topological polar surface area (TPSA) is 52.5 Å². The molecule has 0 amide bonds. The van der Waals surface area contributed by atoms with Gasteiger partial charge in [0.2, 0.25) is 6.23 Å². The molecule has 0 N–H and O–H groups in total. The van der Waals surface area contributed by atoms with Gasteiger partial charge in [-0.2, -0.15) is 5.10 Å². The normalized spacial score (nSPS) is 17.7. The van der Waals surface area contributed by atoms with Crippen molar-refractivity contribution in [1.29, 1.82) is 0 Å². The summed E-state index contributed by atoms with van der Waals surface area (Å²) < 4.78 is 23.4. The number of hydrogen-bond acceptors (Lipinski definition) is 6. The molecule has 2 aliphatic heterocycles. The second-order valence-corrected chi connectivity index (χ2v) is 9.65. The summed E-state index contributed by atoms with van der Waals surface area (Å²) in [7, 11) is 3.28. The quantitative estimate of drug-likeness (QED) is 0.255. The predicted octanol–water partition coefficient (Wildman–Crippen LogP) is 7.18. The maximum Gasteiger partial charge on any atom is 0.213 e. The van der Waals surface area contributed by atoms with E-state index in [4.69, 9.17) is 35.6 Å². The summed E-state index contributed by atoms with van der Waals surface area (Å²) in [5.41, 5.74) is 5.16. The number of hydrogen-bond donors (Lipinski definition) is 0. The lowest BCUT2D eigenvalue weighted by Gasteiger charge is -2.38. The third-order valence-electron chi connectivity index (χ3n) is 6.90. The Hall–Kier alpha value is -4.16. The second-order valence-electron chi connectivity index (χ2n) is 9.21.